The average molecular weight is 488 g/mol. The van der Waals surface area contributed by atoms with Crippen LogP contribution in [0.1, 0.15) is 28.6 Å². The minimum absolute atomic E-state index is 0.0195. The summed E-state index contributed by atoms with van der Waals surface area (Å²) in [6, 6.07) is 13.0. The van der Waals surface area contributed by atoms with Crippen molar-refractivity contribution in [1.82, 2.24) is 9.88 Å². The number of aromatic nitrogens is 2. The molecule has 0 aliphatic carbocycles. The van der Waals surface area contributed by atoms with Gasteiger partial charge in [0.25, 0.3) is 0 Å². The number of benzene rings is 2. The molecule has 0 saturated heterocycles. The summed E-state index contributed by atoms with van der Waals surface area (Å²) in [5.74, 6) is -1.05. The number of rotatable bonds is 9. The van der Waals surface area contributed by atoms with Gasteiger partial charge in [-0.15, -0.1) is 0 Å². The van der Waals surface area contributed by atoms with Gasteiger partial charge in [0.15, 0.2) is 17.1 Å². The monoisotopic (exact) mass is 487 g/mol. The van der Waals surface area contributed by atoms with Gasteiger partial charge in [-0.25, -0.2) is 4.57 Å². The highest BCUT2D eigenvalue weighted by Gasteiger charge is 2.40. The third-order valence-corrected chi connectivity index (χ3v) is 6.33. The second-order valence-corrected chi connectivity index (χ2v) is 8.44. The predicted octanol–water partition coefficient (Wildman–Crippen LogP) is 2.54. The number of ketones is 1. The zero-order valence-corrected chi connectivity index (χ0v) is 19.9. The molecule has 4 aromatic rings. The van der Waals surface area contributed by atoms with Crippen LogP contribution in [0.3, 0.4) is 0 Å². The summed E-state index contributed by atoms with van der Waals surface area (Å²) in [6.07, 6.45) is 6.10. The van der Waals surface area contributed by atoms with Crippen LogP contribution in [0.5, 0.6) is 11.5 Å². The number of furan rings is 1. The molecular formula is C27H25N3O6. The lowest BCUT2D eigenvalue weighted by Crippen LogP contribution is -2.37. The van der Waals surface area contributed by atoms with E-state index in [-0.39, 0.29) is 11.3 Å². The van der Waals surface area contributed by atoms with Crippen molar-refractivity contribution >= 4 is 22.7 Å². The first-order chi connectivity index (χ1) is 17.5. The number of fused-ring (bicyclic) bond motifs is 1. The molecule has 2 aromatic carbocycles. The standard InChI is InChI=1S/C27H25N3O6/c1-34-19-9-7-17(8-10-19)23-22(24(31)21-15-18-5-3-6-20(35-2)26(18)36-21)25(32)27(33)30(23)13-4-12-29-14-11-28-16-29/h3,5-11,14-16,23H,4,12-13H2,1-2H3,(H,31,32). The lowest BCUT2D eigenvalue weighted by Gasteiger charge is -2.27. The summed E-state index contributed by atoms with van der Waals surface area (Å²) in [5, 5.41) is 13.9. The van der Waals surface area contributed by atoms with Crippen LogP contribution in [0.15, 0.2) is 83.0 Å². The number of carbonyl (C=O) groups is 2. The van der Waals surface area contributed by atoms with Crippen molar-refractivity contribution in [3.8, 4) is 11.5 Å². The SMILES string of the molecule is COc1ccc(C2C(C(=O)c3cc4cccc(OC)c4o3)=C([O-])C(=O)N2CCC[n+]2cc[nH]c2)cc1. The van der Waals surface area contributed by atoms with Gasteiger partial charge in [-0.3, -0.25) is 14.6 Å². The molecular weight excluding hydrogens is 462 g/mol. The Morgan fingerprint density at radius 1 is 1.17 bits per heavy atom. The van der Waals surface area contributed by atoms with Crippen LogP contribution in [0.2, 0.25) is 0 Å². The highest BCUT2D eigenvalue weighted by atomic mass is 16.5. The Kier molecular flexibility index (Phi) is 6.20. The molecule has 1 atom stereocenters. The lowest BCUT2D eigenvalue weighted by atomic mass is 9.95. The number of H-pyrrole nitrogens is 1. The van der Waals surface area contributed by atoms with Gasteiger partial charge >= 0.3 is 0 Å². The molecule has 0 fully saturated rings. The zero-order valence-electron chi connectivity index (χ0n) is 19.9. The van der Waals surface area contributed by atoms with E-state index < -0.39 is 23.5 Å². The fourth-order valence-electron chi connectivity index (χ4n) is 4.56. The van der Waals surface area contributed by atoms with Gasteiger partial charge in [0.1, 0.15) is 18.1 Å². The second-order valence-electron chi connectivity index (χ2n) is 8.44. The van der Waals surface area contributed by atoms with E-state index >= 15 is 0 Å². The van der Waals surface area contributed by atoms with Gasteiger partial charge in [0.2, 0.25) is 18.0 Å². The molecule has 0 saturated carbocycles. The van der Waals surface area contributed by atoms with Gasteiger partial charge in [-0.2, -0.15) is 0 Å². The second kappa shape index (κ2) is 9.61. The normalized spacial score (nSPS) is 15.7. The summed E-state index contributed by atoms with van der Waals surface area (Å²) in [5.41, 5.74) is 0.918. The molecule has 9 heteroatoms. The Morgan fingerprint density at radius 2 is 1.97 bits per heavy atom. The number of methoxy groups -OCH3 is 2. The Balaban J connectivity index is 1.51. The maximum Gasteiger partial charge on any atom is 0.241 e. The number of ether oxygens (including phenoxy) is 2. The number of nitrogens with one attached hydrogen (secondary N) is 1. The number of hydrogen-bond acceptors (Lipinski definition) is 6. The largest absolute Gasteiger partial charge is 0.868 e. The summed E-state index contributed by atoms with van der Waals surface area (Å²) in [6.45, 7) is 0.938. The number of hydrogen-bond donors (Lipinski definition) is 1. The first-order valence-electron chi connectivity index (χ1n) is 11.5. The molecule has 36 heavy (non-hydrogen) atoms. The Bertz CT molecular complexity index is 1440. The molecule has 1 N–H and O–H groups in total. The maximum atomic E-state index is 13.7. The molecule has 5 rings (SSSR count). The van der Waals surface area contributed by atoms with E-state index in [1.807, 2.05) is 17.1 Å². The Morgan fingerprint density at radius 3 is 2.67 bits per heavy atom. The van der Waals surface area contributed by atoms with Crippen molar-refractivity contribution in [3.63, 3.8) is 0 Å². The molecule has 184 valence electrons. The Labute approximate surface area is 207 Å². The van der Waals surface area contributed by atoms with E-state index in [1.54, 1.807) is 61.8 Å². The summed E-state index contributed by atoms with van der Waals surface area (Å²) >= 11 is 0. The minimum Gasteiger partial charge on any atom is -0.868 e. The number of Topliss-reactive ketones (excluding diaryl/α,β-unsaturated/α-hetero) is 1. The van der Waals surface area contributed by atoms with Crippen LogP contribution in [0, 0.1) is 0 Å². The molecule has 0 spiro atoms. The quantitative estimate of drug-likeness (QED) is 0.287. The van der Waals surface area contributed by atoms with Crippen LogP contribution in [0.4, 0.5) is 0 Å². The smallest absolute Gasteiger partial charge is 0.241 e. The number of para-hydroxylation sites is 1. The fourth-order valence-corrected chi connectivity index (χ4v) is 4.56. The first kappa shape index (κ1) is 23.2. The molecule has 1 aliphatic rings. The summed E-state index contributed by atoms with van der Waals surface area (Å²) < 4.78 is 18.4. The summed E-state index contributed by atoms with van der Waals surface area (Å²) in [7, 11) is 3.07. The number of nitrogens with zero attached hydrogens (tertiary/aromatic N) is 2. The first-order valence-corrected chi connectivity index (χ1v) is 11.5. The van der Waals surface area contributed by atoms with Gasteiger partial charge in [-0.1, -0.05) is 24.3 Å². The van der Waals surface area contributed by atoms with Crippen molar-refractivity contribution in [2.75, 3.05) is 20.8 Å². The van der Waals surface area contributed by atoms with E-state index in [1.165, 1.54) is 12.0 Å². The van der Waals surface area contributed by atoms with E-state index in [2.05, 4.69) is 4.98 Å². The minimum atomic E-state index is -0.838. The highest BCUT2D eigenvalue weighted by Crippen LogP contribution is 2.40. The zero-order chi connectivity index (χ0) is 25.2. The van der Waals surface area contributed by atoms with Crippen LogP contribution in [-0.2, 0) is 11.3 Å². The fraction of sp³-hybridized carbons (Fsp3) is 0.222. The number of imidazole rings is 1. The van der Waals surface area contributed by atoms with E-state index in [0.717, 1.165) is 0 Å². The number of aryl methyl sites for hydroxylation is 1. The van der Waals surface area contributed by atoms with Gasteiger partial charge in [0, 0.05) is 23.9 Å². The Hall–Kier alpha value is -4.53. The topological polar surface area (TPSA) is 112 Å². The highest BCUT2D eigenvalue weighted by molar-refractivity contribution is 6.15. The predicted molar refractivity (Wildman–Crippen MR) is 127 cm³/mol. The molecule has 0 bridgehead atoms. The van der Waals surface area contributed by atoms with E-state index in [4.69, 9.17) is 13.9 Å². The molecule has 1 unspecified atom stereocenters. The van der Waals surface area contributed by atoms with Crippen LogP contribution in [-0.4, -0.2) is 42.3 Å². The van der Waals surface area contributed by atoms with Crippen molar-refractivity contribution < 1.29 is 33.2 Å². The van der Waals surface area contributed by atoms with Crippen molar-refractivity contribution in [3.05, 3.63) is 89.9 Å². The molecule has 0 radical (unpaired) electrons. The van der Waals surface area contributed by atoms with Crippen LogP contribution in [0.25, 0.3) is 11.0 Å². The van der Waals surface area contributed by atoms with Crippen LogP contribution < -0.4 is 19.1 Å². The number of amides is 1. The number of aromatic amines is 1. The van der Waals surface area contributed by atoms with Gasteiger partial charge in [-0.05, 0) is 35.6 Å². The maximum absolute atomic E-state index is 13.7. The molecule has 9 nitrogen and oxygen atoms in total. The van der Waals surface area contributed by atoms with Gasteiger partial charge in [0.05, 0.1) is 26.8 Å². The molecule has 1 amide bonds. The van der Waals surface area contributed by atoms with Crippen molar-refractivity contribution in [2.24, 2.45) is 0 Å². The van der Waals surface area contributed by atoms with Crippen molar-refractivity contribution in [2.45, 2.75) is 19.0 Å². The molecule has 3 heterocycles. The molecule has 1 aliphatic heterocycles. The number of carbonyl (C=O) groups excluding carboxylic acids is 2. The third kappa shape index (κ3) is 4.08. The average Bonchev–Trinajstić information content (AvgIpc) is 3.63. The lowest BCUT2D eigenvalue weighted by molar-refractivity contribution is -0.695. The van der Waals surface area contributed by atoms with Crippen molar-refractivity contribution in [1.29, 1.82) is 0 Å². The molecule has 2 aromatic heterocycles. The van der Waals surface area contributed by atoms with E-state index in [9.17, 15) is 14.7 Å². The summed E-state index contributed by atoms with van der Waals surface area (Å²) in [4.78, 5) is 31.3. The third-order valence-electron chi connectivity index (χ3n) is 6.33. The van der Waals surface area contributed by atoms with Gasteiger partial charge < -0.3 is 23.9 Å². The van der Waals surface area contributed by atoms with E-state index in [0.29, 0.717) is 47.5 Å². The van der Waals surface area contributed by atoms with Crippen LogP contribution >= 0.6 is 0 Å².